The fourth-order valence-electron chi connectivity index (χ4n) is 1.99. The molecule has 0 aromatic heterocycles. The molecule has 1 heterocycles. The molecule has 0 saturated heterocycles. The molecule has 1 amide bonds. The Labute approximate surface area is 91.5 Å². The van der Waals surface area contributed by atoms with Crippen LogP contribution in [0.5, 0.6) is 0 Å². The van der Waals surface area contributed by atoms with Crippen molar-refractivity contribution in [3.63, 3.8) is 0 Å². The van der Waals surface area contributed by atoms with Gasteiger partial charge in [-0.05, 0) is 26.0 Å². The molecule has 0 saturated carbocycles. The van der Waals surface area contributed by atoms with Gasteiger partial charge in [0.1, 0.15) is 4.87 Å². The Morgan fingerprint density at radius 2 is 1.93 bits per heavy atom. The maximum Gasteiger partial charge on any atom is 0.225 e. The second kappa shape index (κ2) is 3.17. The predicted octanol–water partition coefficient (Wildman–Crippen LogP) is 1.90. The first-order chi connectivity index (χ1) is 6.96. The zero-order valence-corrected chi connectivity index (χ0v) is 9.80. The Balaban J connectivity index is 2.67. The normalized spacial score (nSPS) is 22.6. The standard InChI is InChI=1S/C11H13NO2S/c1-8(13)12-9-6-4-5-7-10(9)15(14)11(12,2)3/h4-7H,1-3H3. The molecule has 0 spiro atoms. The van der Waals surface area contributed by atoms with E-state index in [1.807, 2.05) is 38.1 Å². The van der Waals surface area contributed by atoms with Crippen LogP contribution in [0, 0.1) is 0 Å². The van der Waals surface area contributed by atoms with Crippen molar-refractivity contribution in [1.29, 1.82) is 0 Å². The van der Waals surface area contributed by atoms with E-state index in [0.717, 1.165) is 10.6 Å². The van der Waals surface area contributed by atoms with E-state index in [9.17, 15) is 9.00 Å². The number of rotatable bonds is 0. The first-order valence-corrected chi connectivity index (χ1v) is 5.93. The molecule has 1 atom stereocenters. The molecule has 1 aromatic carbocycles. The van der Waals surface area contributed by atoms with Gasteiger partial charge in [-0.15, -0.1) is 0 Å². The lowest BCUT2D eigenvalue weighted by Crippen LogP contribution is -2.45. The molecular weight excluding hydrogens is 210 g/mol. The number of nitrogens with zero attached hydrogens (tertiary/aromatic N) is 1. The summed E-state index contributed by atoms with van der Waals surface area (Å²) in [5, 5.41) is 0. The SMILES string of the molecule is CC(=O)N1c2ccccc2S(=O)C1(C)C. The molecule has 0 fully saturated rings. The summed E-state index contributed by atoms with van der Waals surface area (Å²) in [6.45, 7) is 5.15. The van der Waals surface area contributed by atoms with Crippen molar-refractivity contribution in [3.8, 4) is 0 Å². The average Bonchev–Trinajstić information content (AvgIpc) is 2.35. The summed E-state index contributed by atoms with van der Waals surface area (Å²) in [7, 11) is -1.15. The van der Waals surface area contributed by atoms with Crippen molar-refractivity contribution >= 4 is 22.4 Å². The quantitative estimate of drug-likeness (QED) is 0.673. The van der Waals surface area contributed by atoms with Crippen molar-refractivity contribution in [2.45, 2.75) is 30.5 Å². The molecular formula is C11H13NO2S. The Morgan fingerprint density at radius 1 is 1.33 bits per heavy atom. The number of para-hydroxylation sites is 1. The van der Waals surface area contributed by atoms with Crippen LogP contribution in [0.1, 0.15) is 20.8 Å². The highest BCUT2D eigenvalue weighted by Gasteiger charge is 2.44. The molecule has 15 heavy (non-hydrogen) atoms. The third-order valence-electron chi connectivity index (χ3n) is 2.61. The number of fused-ring (bicyclic) bond motifs is 1. The van der Waals surface area contributed by atoms with Crippen LogP contribution < -0.4 is 4.90 Å². The number of hydrogen-bond acceptors (Lipinski definition) is 2. The minimum absolute atomic E-state index is 0.0710. The molecule has 1 aliphatic heterocycles. The third-order valence-corrected chi connectivity index (χ3v) is 4.45. The van der Waals surface area contributed by atoms with Crippen molar-refractivity contribution in [2.24, 2.45) is 0 Å². The van der Waals surface area contributed by atoms with Crippen LogP contribution >= 0.6 is 0 Å². The highest BCUT2D eigenvalue weighted by Crippen LogP contribution is 2.41. The molecule has 1 unspecified atom stereocenters. The van der Waals surface area contributed by atoms with E-state index in [4.69, 9.17) is 0 Å². The van der Waals surface area contributed by atoms with Gasteiger partial charge in [-0.3, -0.25) is 13.9 Å². The van der Waals surface area contributed by atoms with Crippen LogP contribution in [0.25, 0.3) is 0 Å². The van der Waals surface area contributed by atoms with Crippen LogP contribution in [-0.2, 0) is 15.6 Å². The fourth-order valence-corrected chi connectivity index (χ4v) is 3.47. The van der Waals surface area contributed by atoms with E-state index >= 15 is 0 Å². The zero-order chi connectivity index (χ0) is 11.2. The van der Waals surface area contributed by atoms with Gasteiger partial charge in [-0.25, -0.2) is 0 Å². The van der Waals surface area contributed by atoms with E-state index in [1.54, 1.807) is 4.90 Å². The van der Waals surface area contributed by atoms with Gasteiger partial charge in [0.05, 0.1) is 21.4 Å². The highest BCUT2D eigenvalue weighted by atomic mass is 32.2. The van der Waals surface area contributed by atoms with Gasteiger partial charge < -0.3 is 0 Å². The molecule has 80 valence electrons. The maximum absolute atomic E-state index is 12.2. The molecule has 3 nitrogen and oxygen atoms in total. The third kappa shape index (κ3) is 1.32. The van der Waals surface area contributed by atoms with Gasteiger partial charge >= 0.3 is 0 Å². The van der Waals surface area contributed by atoms with E-state index < -0.39 is 15.7 Å². The van der Waals surface area contributed by atoms with Gasteiger partial charge in [0.2, 0.25) is 5.91 Å². The molecule has 1 aliphatic rings. The Kier molecular flexibility index (Phi) is 2.19. The minimum atomic E-state index is -1.15. The minimum Gasteiger partial charge on any atom is -0.294 e. The van der Waals surface area contributed by atoms with Crippen molar-refractivity contribution in [1.82, 2.24) is 0 Å². The first-order valence-electron chi connectivity index (χ1n) is 4.78. The molecule has 4 heteroatoms. The van der Waals surface area contributed by atoms with Gasteiger partial charge in [0.15, 0.2) is 0 Å². The lowest BCUT2D eigenvalue weighted by Gasteiger charge is -2.29. The van der Waals surface area contributed by atoms with Crippen molar-refractivity contribution < 1.29 is 9.00 Å². The number of hydrogen-bond donors (Lipinski definition) is 0. The Bertz CT molecular complexity index is 454. The second-order valence-corrected chi connectivity index (χ2v) is 6.01. The molecule has 0 N–H and O–H groups in total. The highest BCUT2D eigenvalue weighted by molar-refractivity contribution is 7.87. The first kappa shape index (κ1) is 10.4. The van der Waals surface area contributed by atoms with Crippen LogP contribution in [0.3, 0.4) is 0 Å². The summed E-state index contributed by atoms with van der Waals surface area (Å²) in [6.07, 6.45) is 0. The lowest BCUT2D eigenvalue weighted by molar-refractivity contribution is -0.117. The number of amides is 1. The lowest BCUT2D eigenvalue weighted by atomic mass is 10.2. The Hall–Kier alpha value is -1.16. The molecule has 0 aliphatic carbocycles. The van der Waals surface area contributed by atoms with E-state index in [0.29, 0.717) is 0 Å². The predicted molar refractivity (Wildman–Crippen MR) is 60.1 cm³/mol. The summed E-state index contributed by atoms with van der Waals surface area (Å²) in [5.74, 6) is -0.0710. The van der Waals surface area contributed by atoms with Crippen molar-refractivity contribution in [3.05, 3.63) is 24.3 Å². The van der Waals surface area contributed by atoms with Gasteiger partial charge in [-0.1, -0.05) is 12.1 Å². The number of benzene rings is 1. The summed E-state index contributed by atoms with van der Waals surface area (Å²) in [5.41, 5.74) is 0.772. The number of anilines is 1. The van der Waals surface area contributed by atoms with Crippen LogP contribution in [0.15, 0.2) is 29.2 Å². The van der Waals surface area contributed by atoms with Crippen LogP contribution in [0.4, 0.5) is 5.69 Å². The molecule has 2 rings (SSSR count). The fraction of sp³-hybridized carbons (Fsp3) is 0.364. The number of carbonyl (C=O) groups excluding carboxylic acids is 1. The van der Waals surface area contributed by atoms with Gasteiger partial charge in [-0.2, -0.15) is 0 Å². The summed E-state index contributed by atoms with van der Waals surface area (Å²) < 4.78 is 12.2. The summed E-state index contributed by atoms with van der Waals surface area (Å²) >= 11 is 0. The molecule has 0 radical (unpaired) electrons. The zero-order valence-electron chi connectivity index (χ0n) is 8.98. The number of carbonyl (C=O) groups is 1. The van der Waals surface area contributed by atoms with E-state index in [2.05, 4.69) is 0 Å². The average molecular weight is 223 g/mol. The smallest absolute Gasteiger partial charge is 0.225 e. The van der Waals surface area contributed by atoms with Crippen LogP contribution in [-0.4, -0.2) is 15.0 Å². The second-order valence-electron chi connectivity index (χ2n) is 4.04. The monoisotopic (exact) mass is 223 g/mol. The van der Waals surface area contributed by atoms with Crippen molar-refractivity contribution in [2.75, 3.05) is 4.90 Å². The summed E-state index contributed by atoms with van der Waals surface area (Å²) in [6, 6.07) is 7.35. The van der Waals surface area contributed by atoms with Crippen LogP contribution in [0.2, 0.25) is 0 Å². The maximum atomic E-state index is 12.2. The van der Waals surface area contributed by atoms with Gasteiger partial charge in [0, 0.05) is 6.92 Å². The molecule has 1 aromatic rings. The largest absolute Gasteiger partial charge is 0.294 e. The molecule has 0 bridgehead atoms. The topological polar surface area (TPSA) is 37.4 Å². The van der Waals surface area contributed by atoms with Gasteiger partial charge in [0.25, 0.3) is 0 Å². The Morgan fingerprint density at radius 3 is 2.53 bits per heavy atom. The van der Waals surface area contributed by atoms with E-state index in [1.165, 1.54) is 6.92 Å². The summed E-state index contributed by atoms with van der Waals surface area (Å²) in [4.78, 5) is 13.3. The van der Waals surface area contributed by atoms with E-state index in [-0.39, 0.29) is 5.91 Å².